The first kappa shape index (κ1) is 11.3. The van der Waals surface area contributed by atoms with Gasteiger partial charge >= 0.3 is 0 Å². The van der Waals surface area contributed by atoms with Gasteiger partial charge in [0.1, 0.15) is 0 Å². The topological polar surface area (TPSA) is 56.0 Å². The van der Waals surface area contributed by atoms with Gasteiger partial charge in [-0.05, 0) is 30.2 Å². The molecule has 1 aromatic heterocycles. The summed E-state index contributed by atoms with van der Waals surface area (Å²) in [7, 11) is -0.809. The van der Waals surface area contributed by atoms with Gasteiger partial charge in [0, 0.05) is 34.7 Å². The van der Waals surface area contributed by atoms with Gasteiger partial charge in [0.2, 0.25) is 0 Å². The molecule has 1 heterocycles. The first-order valence-corrected chi connectivity index (χ1v) is 6.15. The van der Waals surface area contributed by atoms with Crippen molar-refractivity contribution in [1.82, 2.24) is 4.98 Å². The minimum absolute atomic E-state index is 0.331. The van der Waals surface area contributed by atoms with E-state index < -0.39 is 10.8 Å². The van der Waals surface area contributed by atoms with E-state index >= 15 is 0 Å². The molecule has 1 rings (SSSR count). The zero-order valence-corrected chi connectivity index (χ0v) is 9.17. The molecule has 0 aliphatic carbocycles. The highest BCUT2D eigenvalue weighted by Crippen LogP contribution is 2.04. The Morgan fingerprint density at radius 3 is 2.71 bits per heavy atom. The number of hydrogen-bond donors (Lipinski definition) is 1. The third kappa shape index (κ3) is 3.98. The first-order valence-electron chi connectivity index (χ1n) is 4.66. The quantitative estimate of drug-likeness (QED) is 0.789. The van der Waals surface area contributed by atoms with Crippen LogP contribution in [0, 0.1) is 5.92 Å². The Labute approximate surface area is 87.2 Å². The smallest absolute Gasteiger partial charge is 0.0486 e. The van der Waals surface area contributed by atoms with Crippen molar-refractivity contribution in [2.75, 3.05) is 12.3 Å². The van der Waals surface area contributed by atoms with Crippen LogP contribution in [0.15, 0.2) is 24.5 Å². The summed E-state index contributed by atoms with van der Waals surface area (Å²) in [5.41, 5.74) is 6.54. The molecule has 14 heavy (non-hydrogen) atoms. The van der Waals surface area contributed by atoms with Crippen molar-refractivity contribution in [3.63, 3.8) is 0 Å². The van der Waals surface area contributed by atoms with Crippen LogP contribution < -0.4 is 5.73 Å². The Hall–Kier alpha value is -0.740. The molecular formula is C10H16N2OS. The molecule has 0 saturated heterocycles. The van der Waals surface area contributed by atoms with Crippen LogP contribution in [0.4, 0.5) is 0 Å². The summed E-state index contributed by atoms with van der Waals surface area (Å²) >= 11 is 0. The fraction of sp³-hybridized carbons (Fsp3) is 0.500. The van der Waals surface area contributed by atoms with Crippen molar-refractivity contribution in [2.24, 2.45) is 11.7 Å². The highest BCUT2D eigenvalue weighted by Gasteiger charge is 2.06. The van der Waals surface area contributed by atoms with E-state index in [1.54, 1.807) is 12.4 Å². The minimum Gasteiger partial charge on any atom is -0.330 e. The molecule has 2 unspecified atom stereocenters. The van der Waals surface area contributed by atoms with E-state index in [2.05, 4.69) is 4.98 Å². The molecule has 0 radical (unpaired) electrons. The fourth-order valence-electron chi connectivity index (χ4n) is 1.11. The molecule has 3 nitrogen and oxygen atoms in total. The maximum atomic E-state index is 11.6. The standard InChI is InChI=1S/C10H16N2OS/c1-9(6-11)7-14(13)8-10-2-4-12-5-3-10/h2-5,9H,6-8,11H2,1H3. The van der Waals surface area contributed by atoms with Crippen molar-refractivity contribution >= 4 is 10.8 Å². The van der Waals surface area contributed by atoms with Gasteiger partial charge in [-0.15, -0.1) is 0 Å². The van der Waals surface area contributed by atoms with Gasteiger partial charge in [-0.2, -0.15) is 0 Å². The molecule has 0 aromatic carbocycles. The van der Waals surface area contributed by atoms with Gasteiger partial charge in [0.15, 0.2) is 0 Å². The highest BCUT2D eigenvalue weighted by atomic mass is 32.2. The van der Waals surface area contributed by atoms with E-state index in [1.807, 2.05) is 19.1 Å². The molecule has 0 bridgehead atoms. The molecule has 4 heteroatoms. The molecule has 2 atom stereocenters. The molecule has 0 spiro atoms. The lowest BCUT2D eigenvalue weighted by Crippen LogP contribution is -2.18. The van der Waals surface area contributed by atoms with Crippen molar-refractivity contribution < 1.29 is 4.21 Å². The first-order chi connectivity index (χ1) is 6.72. The summed E-state index contributed by atoms with van der Waals surface area (Å²) in [5, 5.41) is 0. The number of rotatable bonds is 5. The lowest BCUT2D eigenvalue weighted by atomic mass is 10.2. The van der Waals surface area contributed by atoms with Gasteiger partial charge in [0.05, 0.1) is 0 Å². The van der Waals surface area contributed by atoms with E-state index in [0.717, 1.165) is 5.56 Å². The molecule has 0 fully saturated rings. The molecule has 0 saturated carbocycles. The summed E-state index contributed by atoms with van der Waals surface area (Å²) in [5.74, 6) is 1.61. The Morgan fingerprint density at radius 2 is 2.14 bits per heavy atom. The molecular weight excluding hydrogens is 196 g/mol. The van der Waals surface area contributed by atoms with Crippen molar-refractivity contribution in [2.45, 2.75) is 12.7 Å². The van der Waals surface area contributed by atoms with Crippen LogP contribution in [0.25, 0.3) is 0 Å². The van der Waals surface area contributed by atoms with Crippen LogP contribution >= 0.6 is 0 Å². The minimum atomic E-state index is -0.809. The van der Waals surface area contributed by atoms with E-state index in [9.17, 15) is 4.21 Å². The number of nitrogens with zero attached hydrogens (tertiary/aromatic N) is 1. The van der Waals surface area contributed by atoms with E-state index in [1.165, 1.54) is 0 Å². The van der Waals surface area contributed by atoms with Crippen LogP contribution in [0.3, 0.4) is 0 Å². The van der Waals surface area contributed by atoms with Gasteiger partial charge < -0.3 is 5.73 Å². The second-order valence-corrected chi connectivity index (χ2v) is 4.95. The number of aromatic nitrogens is 1. The predicted octanol–water partition coefficient (Wildman–Crippen LogP) is 0.925. The molecule has 2 N–H and O–H groups in total. The normalized spacial score (nSPS) is 15.0. The molecule has 78 valence electrons. The molecule has 0 amide bonds. The maximum Gasteiger partial charge on any atom is 0.0486 e. The van der Waals surface area contributed by atoms with Crippen LogP contribution in [-0.2, 0) is 16.6 Å². The number of hydrogen-bond acceptors (Lipinski definition) is 3. The predicted molar refractivity (Wildman–Crippen MR) is 59.2 cm³/mol. The van der Waals surface area contributed by atoms with E-state index in [4.69, 9.17) is 5.73 Å². The maximum absolute atomic E-state index is 11.6. The van der Waals surface area contributed by atoms with Crippen LogP contribution in [0.5, 0.6) is 0 Å². The zero-order chi connectivity index (χ0) is 10.4. The van der Waals surface area contributed by atoms with Gasteiger partial charge in [-0.3, -0.25) is 9.19 Å². The largest absolute Gasteiger partial charge is 0.330 e. The Balaban J connectivity index is 2.42. The molecule has 0 aliphatic rings. The monoisotopic (exact) mass is 212 g/mol. The van der Waals surface area contributed by atoms with Gasteiger partial charge in [0.25, 0.3) is 0 Å². The second kappa shape index (κ2) is 5.88. The van der Waals surface area contributed by atoms with E-state index in [0.29, 0.717) is 24.0 Å². The zero-order valence-electron chi connectivity index (χ0n) is 8.35. The summed E-state index contributed by atoms with van der Waals surface area (Å²) in [6, 6.07) is 3.79. The van der Waals surface area contributed by atoms with Crippen molar-refractivity contribution in [3.8, 4) is 0 Å². The van der Waals surface area contributed by atoms with Crippen molar-refractivity contribution in [3.05, 3.63) is 30.1 Å². The highest BCUT2D eigenvalue weighted by molar-refractivity contribution is 7.84. The lowest BCUT2D eigenvalue weighted by Gasteiger charge is -2.07. The molecule has 1 aromatic rings. The Kier molecular flexibility index (Phi) is 4.76. The summed E-state index contributed by atoms with van der Waals surface area (Å²) in [6.07, 6.45) is 3.44. The average molecular weight is 212 g/mol. The fourth-order valence-corrected chi connectivity index (χ4v) is 2.56. The summed E-state index contributed by atoms with van der Waals surface area (Å²) in [6.45, 7) is 2.62. The number of nitrogens with two attached hydrogens (primary N) is 1. The molecule has 0 aliphatic heterocycles. The van der Waals surface area contributed by atoms with E-state index in [-0.39, 0.29) is 0 Å². The van der Waals surface area contributed by atoms with Gasteiger partial charge in [-0.1, -0.05) is 6.92 Å². The summed E-state index contributed by atoms with van der Waals surface area (Å²) in [4.78, 5) is 3.91. The second-order valence-electron chi connectivity index (χ2n) is 3.45. The lowest BCUT2D eigenvalue weighted by molar-refractivity contribution is 0.640. The van der Waals surface area contributed by atoms with Crippen LogP contribution in [0.2, 0.25) is 0 Å². The summed E-state index contributed by atoms with van der Waals surface area (Å²) < 4.78 is 11.6. The van der Waals surface area contributed by atoms with Crippen molar-refractivity contribution in [1.29, 1.82) is 0 Å². The third-order valence-corrected chi connectivity index (χ3v) is 3.55. The Bertz CT molecular complexity index is 289. The van der Waals surface area contributed by atoms with Crippen LogP contribution in [0.1, 0.15) is 12.5 Å². The SMILES string of the molecule is CC(CN)CS(=O)Cc1ccncc1. The Morgan fingerprint density at radius 1 is 1.50 bits per heavy atom. The van der Waals surface area contributed by atoms with Gasteiger partial charge in [-0.25, -0.2) is 0 Å². The van der Waals surface area contributed by atoms with Crippen LogP contribution in [-0.4, -0.2) is 21.5 Å². The average Bonchev–Trinajstić information content (AvgIpc) is 2.19. The number of pyridine rings is 1. The third-order valence-electron chi connectivity index (χ3n) is 1.95.